The van der Waals surface area contributed by atoms with Crippen LogP contribution in [0.2, 0.25) is 0 Å². The molecule has 1 aromatic rings. The van der Waals surface area contributed by atoms with Gasteiger partial charge in [-0.05, 0) is 38.2 Å². The molecule has 22 heavy (non-hydrogen) atoms. The van der Waals surface area contributed by atoms with Gasteiger partial charge in [-0.3, -0.25) is 4.79 Å². The third-order valence-corrected chi connectivity index (χ3v) is 3.47. The minimum Gasteiger partial charge on any atom is -0.475 e. The maximum Gasteiger partial charge on any atom is 0.251 e. The minimum absolute atomic E-state index is 0.0655. The monoisotopic (exact) mass is 308 g/mol. The average Bonchev–Trinajstić information content (AvgIpc) is 2.43. The predicted octanol–water partition coefficient (Wildman–Crippen LogP) is 2.79. The van der Waals surface area contributed by atoms with Gasteiger partial charge in [-0.1, -0.05) is 20.8 Å². The van der Waals surface area contributed by atoms with Gasteiger partial charge in [-0.15, -0.1) is 0 Å². The summed E-state index contributed by atoms with van der Waals surface area (Å²) in [6.07, 6.45) is 2.77. The molecule has 0 radical (unpaired) electrons. The van der Waals surface area contributed by atoms with Crippen molar-refractivity contribution < 1.29 is 14.6 Å². The van der Waals surface area contributed by atoms with Crippen molar-refractivity contribution in [3.05, 3.63) is 23.9 Å². The number of amides is 1. The number of aliphatic hydroxyl groups is 1. The molecule has 5 heteroatoms. The molecule has 2 atom stereocenters. The summed E-state index contributed by atoms with van der Waals surface area (Å²) in [5.41, 5.74) is 0.369. The molecule has 1 aromatic heterocycles. The second-order valence-corrected chi connectivity index (χ2v) is 6.62. The third-order valence-electron chi connectivity index (χ3n) is 3.47. The molecule has 0 aliphatic carbocycles. The highest BCUT2D eigenvalue weighted by Crippen LogP contribution is 2.21. The van der Waals surface area contributed by atoms with Crippen LogP contribution in [0.5, 0.6) is 5.88 Å². The first-order chi connectivity index (χ1) is 10.2. The molecule has 1 amide bonds. The number of nitrogens with one attached hydrogen (secondary N) is 1. The van der Waals surface area contributed by atoms with Crippen molar-refractivity contribution in [3.8, 4) is 5.88 Å². The van der Waals surface area contributed by atoms with Gasteiger partial charge < -0.3 is 15.2 Å². The van der Waals surface area contributed by atoms with E-state index in [0.29, 0.717) is 24.4 Å². The van der Waals surface area contributed by atoms with E-state index in [0.717, 1.165) is 6.42 Å². The molecule has 0 spiro atoms. The third kappa shape index (κ3) is 6.43. The summed E-state index contributed by atoms with van der Waals surface area (Å²) in [7, 11) is 0. The van der Waals surface area contributed by atoms with E-state index in [4.69, 9.17) is 4.74 Å². The molecule has 124 valence electrons. The van der Waals surface area contributed by atoms with Crippen molar-refractivity contribution in [3.63, 3.8) is 0 Å². The van der Waals surface area contributed by atoms with Crippen molar-refractivity contribution >= 4 is 5.91 Å². The Balaban J connectivity index is 2.64. The van der Waals surface area contributed by atoms with Crippen LogP contribution in [-0.2, 0) is 0 Å². The molecule has 0 saturated carbocycles. The smallest absolute Gasteiger partial charge is 0.251 e. The number of nitrogens with zero attached hydrogens (tertiary/aromatic N) is 1. The Morgan fingerprint density at radius 1 is 1.45 bits per heavy atom. The van der Waals surface area contributed by atoms with Crippen LogP contribution >= 0.6 is 0 Å². The van der Waals surface area contributed by atoms with Crippen LogP contribution in [0.15, 0.2) is 18.3 Å². The molecule has 0 saturated heterocycles. The molecule has 0 aromatic carbocycles. The van der Waals surface area contributed by atoms with Crippen LogP contribution in [0.25, 0.3) is 0 Å². The van der Waals surface area contributed by atoms with Crippen molar-refractivity contribution in [2.45, 2.75) is 59.7 Å². The van der Waals surface area contributed by atoms with Crippen LogP contribution in [0.3, 0.4) is 0 Å². The minimum atomic E-state index is -0.386. The molecule has 2 N–H and O–H groups in total. The van der Waals surface area contributed by atoms with Gasteiger partial charge >= 0.3 is 0 Å². The first-order valence-corrected chi connectivity index (χ1v) is 7.82. The maximum atomic E-state index is 12.2. The SMILES string of the molecule is CCC(C)Oc1cc(C(=O)NCC(C)(C)CC(C)O)ccn1. The topological polar surface area (TPSA) is 71.5 Å². The fourth-order valence-corrected chi connectivity index (χ4v) is 2.20. The van der Waals surface area contributed by atoms with Gasteiger partial charge in [0.15, 0.2) is 0 Å². The summed E-state index contributed by atoms with van der Waals surface area (Å²) in [6.45, 7) is 10.3. The zero-order chi connectivity index (χ0) is 16.8. The predicted molar refractivity (Wildman–Crippen MR) is 87.0 cm³/mol. The van der Waals surface area contributed by atoms with Gasteiger partial charge in [0.05, 0.1) is 12.2 Å². The lowest BCUT2D eigenvalue weighted by Gasteiger charge is -2.26. The Kier molecular flexibility index (Phi) is 6.81. The van der Waals surface area contributed by atoms with E-state index in [-0.39, 0.29) is 23.5 Å². The Bertz CT molecular complexity index is 487. The summed E-state index contributed by atoms with van der Waals surface area (Å²) in [5, 5.41) is 12.4. The van der Waals surface area contributed by atoms with E-state index >= 15 is 0 Å². The number of hydrogen-bond donors (Lipinski definition) is 2. The summed E-state index contributed by atoms with van der Waals surface area (Å²) >= 11 is 0. The first kappa shape index (κ1) is 18.4. The molecule has 0 bridgehead atoms. The number of rotatable bonds is 8. The van der Waals surface area contributed by atoms with E-state index in [1.54, 1.807) is 25.3 Å². The number of aromatic nitrogens is 1. The van der Waals surface area contributed by atoms with E-state index in [1.165, 1.54) is 0 Å². The lowest BCUT2D eigenvalue weighted by atomic mass is 9.87. The first-order valence-electron chi connectivity index (χ1n) is 7.82. The zero-order valence-corrected chi connectivity index (χ0v) is 14.2. The molecule has 0 aliphatic rings. The van der Waals surface area contributed by atoms with Gasteiger partial charge in [-0.25, -0.2) is 4.98 Å². The summed E-state index contributed by atoms with van der Waals surface area (Å²) in [5.74, 6) is 0.306. The Morgan fingerprint density at radius 2 is 2.14 bits per heavy atom. The van der Waals surface area contributed by atoms with Gasteiger partial charge in [0.1, 0.15) is 0 Å². The average molecular weight is 308 g/mol. The number of pyridine rings is 1. The Labute approximate surface area is 133 Å². The molecule has 2 unspecified atom stereocenters. The van der Waals surface area contributed by atoms with E-state index in [2.05, 4.69) is 10.3 Å². The highest BCUT2D eigenvalue weighted by molar-refractivity contribution is 5.94. The zero-order valence-electron chi connectivity index (χ0n) is 14.2. The molecular weight excluding hydrogens is 280 g/mol. The second kappa shape index (κ2) is 8.13. The van der Waals surface area contributed by atoms with Crippen LogP contribution in [-0.4, -0.2) is 34.8 Å². The lowest BCUT2D eigenvalue weighted by molar-refractivity contribution is 0.0901. The number of carbonyl (C=O) groups excluding carboxylic acids is 1. The largest absolute Gasteiger partial charge is 0.475 e. The fraction of sp³-hybridized carbons (Fsp3) is 0.647. The van der Waals surface area contributed by atoms with E-state index in [1.807, 2.05) is 27.7 Å². The van der Waals surface area contributed by atoms with Crippen molar-refractivity contribution in [1.82, 2.24) is 10.3 Å². The quantitative estimate of drug-likeness (QED) is 0.774. The van der Waals surface area contributed by atoms with Crippen LogP contribution in [0.4, 0.5) is 0 Å². The van der Waals surface area contributed by atoms with Crippen LogP contribution in [0, 0.1) is 5.41 Å². The molecule has 1 rings (SSSR count). The van der Waals surface area contributed by atoms with Crippen molar-refractivity contribution in [1.29, 1.82) is 0 Å². The summed E-state index contributed by atoms with van der Waals surface area (Å²) < 4.78 is 5.63. The normalized spacial score (nSPS) is 14.3. The second-order valence-electron chi connectivity index (χ2n) is 6.62. The van der Waals surface area contributed by atoms with Gasteiger partial charge in [0, 0.05) is 24.4 Å². The standard InChI is InChI=1S/C17H28N2O3/c1-6-13(3)22-15-9-14(7-8-18-15)16(21)19-11-17(4,5)10-12(2)20/h7-9,12-13,20H,6,10-11H2,1-5H3,(H,19,21). The number of hydrogen-bond acceptors (Lipinski definition) is 4. The summed E-state index contributed by atoms with van der Waals surface area (Å²) in [4.78, 5) is 16.4. The molecular formula is C17H28N2O3. The number of carbonyl (C=O) groups is 1. The van der Waals surface area contributed by atoms with Gasteiger partial charge in [0.2, 0.25) is 5.88 Å². The molecule has 5 nitrogen and oxygen atoms in total. The highest BCUT2D eigenvalue weighted by Gasteiger charge is 2.21. The lowest BCUT2D eigenvalue weighted by Crippen LogP contribution is -2.35. The maximum absolute atomic E-state index is 12.2. The van der Waals surface area contributed by atoms with Crippen molar-refractivity contribution in [2.75, 3.05) is 6.54 Å². The molecule has 0 fully saturated rings. The highest BCUT2D eigenvalue weighted by atomic mass is 16.5. The molecule has 1 heterocycles. The van der Waals surface area contributed by atoms with Gasteiger partial charge in [-0.2, -0.15) is 0 Å². The van der Waals surface area contributed by atoms with E-state index in [9.17, 15) is 9.90 Å². The van der Waals surface area contributed by atoms with Crippen LogP contribution < -0.4 is 10.1 Å². The number of ether oxygens (including phenoxy) is 1. The van der Waals surface area contributed by atoms with Crippen molar-refractivity contribution in [2.24, 2.45) is 5.41 Å². The summed E-state index contributed by atoms with van der Waals surface area (Å²) in [6, 6.07) is 3.32. The Morgan fingerprint density at radius 3 is 2.73 bits per heavy atom. The van der Waals surface area contributed by atoms with Gasteiger partial charge in [0.25, 0.3) is 5.91 Å². The van der Waals surface area contributed by atoms with E-state index < -0.39 is 0 Å². The fourth-order valence-electron chi connectivity index (χ4n) is 2.20. The molecule has 0 aliphatic heterocycles. The van der Waals surface area contributed by atoms with Crippen LogP contribution in [0.1, 0.15) is 57.8 Å². The number of aliphatic hydroxyl groups excluding tert-OH is 1. The Hall–Kier alpha value is -1.62.